The zero-order valence-corrected chi connectivity index (χ0v) is 25.9. The summed E-state index contributed by atoms with van der Waals surface area (Å²) in [7, 11) is 0. The quantitative estimate of drug-likeness (QED) is 0.362. The number of amides is 2. The van der Waals surface area contributed by atoms with Gasteiger partial charge in [-0.05, 0) is 82.9 Å². The van der Waals surface area contributed by atoms with E-state index in [2.05, 4.69) is 30.6 Å². The van der Waals surface area contributed by atoms with Gasteiger partial charge in [0.1, 0.15) is 11.3 Å². The molecule has 0 unspecified atom stereocenters. The maximum Gasteiger partial charge on any atom is 0.410 e. The Bertz CT molecular complexity index is 1610. The Balaban J connectivity index is 1.04. The van der Waals surface area contributed by atoms with Gasteiger partial charge < -0.3 is 29.5 Å². The number of phenolic OH excluding ortho intramolecular Hbond substituents is 1. The number of halogens is 3. The summed E-state index contributed by atoms with van der Waals surface area (Å²) >= 11 is 0. The molecule has 3 aliphatic carbocycles. The van der Waals surface area contributed by atoms with Crippen molar-refractivity contribution >= 4 is 17.8 Å². The van der Waals surface area contributed by atoms with Crippen LogP contribution in [-0.2, 0) is 10.2 Å². The number of piperazine rings is 1. The summed E-state index contributed by atoms with van der Waals surface area (Å²) in [4.78, 5) is 33.4. The molecule has 46 heavy (non-hydrogen) atoms. The number of phenols is 1. The van der Waals surface area contributed by atoms with Crippen LogP contribution >= 0.6 is 0 Å². The maximum absolute atomic E-state index is 14.2. The van der Waals surface area contributed by atoms with Crippen LogP contribution in [0.4, 0.5) is 23.8 Å². The Hall–Kier alpha value is -4.43. The van der Waals surface area contributed by atoms with E-state index in [-0.39, 0.29) is 23.5 Å². The van der Waals surface area contributed by atoms with Gasteiger partial charge in [-0.15, -0.1) is 10.2 Å². The first-order chi connectivity index (χ1) is 21.8. The second kappa shape index (κ2) is 11.7. The van der Waals surface area contributed by atoms with Crippen molar-refractivity contribution in [3.05, 3.63) is 47.1 Å². The lowest BCUT2D eigenvalue weighted by molar-refractivity contribution is 0.0228. The zero-order chi connectivity index (χ0) is 32.9. The maximum atomic E-state index is 14.2. The van der Waals surface area contributed by atoms with Gasteiger partial charge in [-0.1, -0.05) is 5.16 Å². The first-order valence-electron chi connectivity index (χ1n) is 15.3. The van der Waals surface area contributed by atoms with Crippen LogP contribution in [0.3, 0.4) is 0 Å². The second-order valence-corrected chi connectivity index (χ2v) is 13.5. The van der Waals surface area contributed by atoms with E-state index in [1.807, 2.05) is 26.8 Å². The highest BCUT2D eigenvalue weighted by Crippen LogP contribution is 2.57. The summed E-state index contributed by atoms with van der Waals surface area (Å²) in [6, 6.07) is 4.13. The van der Waals surface area contributed by atoms with Gasteiger partial charge >= 0.3 is 6.09 Å². The Kier molecular flexibility index (Phi) is 8.05. The zero-order valence-electron chi connectivity index (χ0n) is 25.9. The van der Waals surface area contributed by atoms with Crippen molar-refractivity contribution in [2.24, 2.45) is 5.41 Å². The number of nitrogens with zero attached hydrogens (tertiary/aromatic N) is 6. The minimum atomic E-state index is -1.79. The van der Waals surface area contributed by atoms with Crippen molar-refractivity contribution in [3.8, 4) is 17.3 Å². The largest absolute Gasteiger partial charge is 0.503 e. The molecule has 3 heterocycles. The average molecular weight is 644 g/mol. The average Bonchev–Trinajstić information content (AvgIpc) is 3.56. The second-order valence-electron chi connectivity index (χ2n) is 13.5. The van der Waals surface area contributed by atoms with Crippen LogP contribution in [0.5, 0.6) is 5.75 Å². The molecule has 2 aromatic heterocycles. The molecule has 4 aliphatic rings. The highest BCUT2D eigenvalue weighted by atomic mass is 19.2. The molecule has 2 amide bonds. The first-order valence-corrected chi connectivity index (χ1v) is 15.3. The lowest BCUT2D eigenvalue weighted by atomic mass is 9.53. The number of nitrogens with one attached hydrogen (secondary N) is 1. The number of ether oxygens (including phenoxy) is 1. The van der Waals surface area contributed by atoms with Crippen LogP contribution in [0.25, 0.3) is 11.5 Å². The fourth-order valence-electron chi connectivity index (χ4n) is 6.56. The van der Waals surface area contributed by atoms with Crippen molar-refractivity contribution in [1.82, 2.24) is 30.6 Å². The molecule has 246 valence electrons. The Morgan fingerprint density at radius 2 is 1.67 bits per heavy atom. The molecule has 4 fully saturated rings. The normalized spacial score (nSPS) is 23.0. The number of anilines is 1. The highest BCUT2D eigenvalue weighted by molar-refractivity contribution is 5.94. The highest BCUT2D eigenvalue weighted by Gasteiger charge is 2.52. The first kappa shape index (κ1) is 31.5. The smallest absolute Gasteiger partial charge is 0.410 e. The van der Waals surface area contributed by atoms with E-state index in [0.717, 1.165) is 38.5 Å². The molecular formula is C31H36F3N7O5. The SMILES string of the molecule is CC(C)(C)OC(=O)N1CCN(c2ccc(-c3noc(C45CCC(CNC(=O)c6cc(F)c(O)c(F)c6F)(CC4)CC5)n3)nn2)CC1. The standard InChI is InChI=1S/C31H36F3N7O5/c1-29(2,3)45-28(44)41-14-12-40(13-15-41)21-5-4-20(37-38-21)25-36-27(46-39-25)31-9-6-30(7-10-31,8-11-31)17-35-26(43)18-16-19(32)24(42)23(34)22(18)33/h4-5,16,42H,6-15,17H2,1-3H3,(H,35,43). The fraction of sp³-hybridized carbons (Fsp3) is 0.548. The van der Waals surface area contributed by atoms with E-state index >= 15 is 0 Å². The summed E-state index contributed by atoms with van der Waals surface area (Å²) in [5, 5.41) is 24.8. The summed E-state index contributed by atoms with van der Waals surface area (Å²) in [6.07, 6.45) is 4.10. The van der Waals surface area contributed by atoms with Crippen LogP contribution < -0.4 is 10.2 Å². The lowest BCUT2D eigenvalue weighted by Crippen LogP contribution is -2.50. The lowest BCUT2D eigenvalue weighted by Gasteiger charge is -2.51. The molecule has 1 aliphatic heterocycles. The molecule has 1 saturated heterocycles. The summed E-state index contributed by atoms with van der Waals surface area (Å²) in [5.41, 5.74) is -1.42. The molecule has 15 heteroatoms. The van der Waals surface area contributed by atoms with Crippen LogP contribution in [0.15, 0.2) is 22.7 Å². The van der Waals surface area contributed by atoms with Gasteiger partial charge in [0, 0.05) is 38.1 Å². The number of rotatable bonds is 6. The number of fused-ring (bicyclic) bond motifs is 3. The molecule has 0 atom stereocenters. The van der Waals surface area contributed by atoms with Crippen molar-refractivity contribution in [2.45, 2.75) is 70.3 Å². The summed E-state index contributed by atoms with van der Waals surface area (Å²) in [6.45, 7) is 7.96. The Morgan fingerprint density at radius 1 is 1.00 bits per heavy atom. The van der Waals surface area contributed by atoms with Crippen molar-refractivity contribution in [2.75, 3.05) is 37.6 Å². The molecule has 2 N–H and O–H groups in total. The van der Waals surface area contributed by atoms with Gasteiger partial charge in [0.2, 0.25) is 17.5 Å². The number of hydrogen-bond acceptors (Lipinski definition) is 10. The fourth-order valence-corrected chi connectivity index (χ4v) is 6.56. The van der Waals surface area contributed by atoms with Gasteiger partial charge in [-0.25, -0.2) is 13.6 Å². The molecule has 2 bridgehead atoms. The summed E-state index contributed by atoms with van der Waals surface area (Å²) < 4.78 is 52.8. The van der Waals surface area contributed by atoms with Crippen LogP contribution in [0.2, 0.25) is 0 Å². The number of hydrogen-bond donors (Lipinski definition) is 2. The van der Waals surface area contributed by atoms with E-state index in [9.17, 15) is 27.9 Å². The number of aromatic hydroxyl groups is 1. The van der Waals surface area contributed by atoms with E-state index in [1.54, 1.807) is 11.0 Å². The minimum absolute atomic E-state index is 0.221. The monoisotopic (exact) mass is 643 g/mol. The third kappa shape index (κ3) is 6.06. The minimum Gasteiger partial charge on any atom is -0.503 e. The topological polar surface area (TPSA) is 147 Å². The van der Waals surface area contributed by atoms with Crippen molar-refractivity contribution in [1.29, 1.82) is 0 Å². The molecule has 1 aromatic carbocycles. The predicted octanol–water partition coefficient (Wildman–Crippen LogP) is 4.73. The molecule has 12 nitrogen and oxygen atoms in total. The molecule has 0 spiro atoms. The molecule has 3 saturated carbocycles. The van der Waals surface area contributed by atoms with Gasteiger partial charge in [-0.3, -0.25) is 4.79 Å². The molecule has 7 rings (SSSR count). The van der Waals surface area contributed by atoms with Crippen molar-refractivity contribution < 1.29 is 37.1 Å². The van der Waals surface area contributed by atoms with Gasteiger partial charge in [-0.2, -0.15) is 9.37 Å². The van der Waals surface area contributed by atoms with Crippen LogP contribution in [0.1, 0.15) is 75.5 Å². The number of aromatic nitrogens is 4. The Labute approximate surface area is 263 Å². The van der Waals surface area contributed by atoms with E-state index in [0.29, 0.717) is 55.5 Å². The number of carbonyl (C=O) groups excluding carboxylic acids is 2. The molecule has 0 radical (unpaired) electrons. The molecule has 3 aromatic rings. The van der Waals surface area contributed by atoms with Gasteiger partial charge in [0.15, 0.2) is 23.2 Å². The third-order valence-corrected chi connectivity index (χ3v) is 9.42. The van der Waals surface area contributed by atoms with E-state index < -0.39 is 40.3 Å². The summed E-state index contributed by atoms with van der Waals surface area (Å²) in [5.74, 6) is -5.64. The van der Waals surface area contributed by atoms with E-state index in [1.165, 1.54) is 0 Å². The van der Waals surface area contributed by atoms with Crippen LogP contribution in [0, 0.1) is 22.9 Å². The number of carbonyl (C=O) groups is 2. The van der Waals surface area contributed by atoms with Crippen LogP contribution in [-0.4, -0.2) is 80.7 Å². The number of benzene rings is 1. The van der Waals surface area contributed by atoms with Crippen molar-refractivity contribution in [3.63, 3.8) is 0 Å². The van der Waals surface area contributed by atoms with Gasteiger partial charge in [0.25, 0.3) is 5.91 Å². The van der Waals surface area contributed by atoms with E-state index in [4.69, 9.17) is 9.26 Å². The Morgan fingerprint density at radius 3 is 2.28 bits per heavy atom. The third-order valence-electron chi connectivity index (χ3n) is 9.42. The van der Waals surface area contributed by atoms with Gasteiger partial charge in [0.05, 0.1) is 5.56 Å². The molecular weight excluding hydrogens is 607 g/mol. The predicted molar refractivity (Wildman–Crippen MR) is 157 cm³/mol.